The molecule has 0 aliphatic carbocycles. The van der Waals surface area contributed by atoms with Crippen LogP contribution in [0.15, 0.2) is 65.5 Å². The molecule has 0 bridgehead atoms. The molecule has 1 amide bonds. The van der Waals surface area contributed by atoms with Crippen molar-refractivity contribution in [1.82, 2.24) is 19.4 Å². The molecule has 29 heavy (non-hydrogen) atoms. The Labute approximate surface area is 168 Å². The van der Waals surface area contributed by atoms with Gasteiger partial charge in [-0.25, -0.2) is 9.97 Å². The smallest absolute Gasteiger partial charge is 0.309 e. The quantitative estimate of drug-likeness (QED) is 0.540. The van der Waals surface area contributed by atoms with Crippen molar-refractivity contribution >= 4 is 22.7 Å². The molecule has 2 aromatic carbocycles. The van der Waals surface area contributed by atoms with E-state index < -0.39 is 0 Å². The molecule has 0 N–H and O–H groups in total. The molecule has 1 fully saturated rings. The van der Waals surface area contributed by atoms with Gasteiger partial charge in [0.1, 0.15) is 5.52 Å². The zero-order valence-corrected chi connectivity index (χ0v) is 16.2. The number of aromatic nitrogens is 3. The van der Waals surface area contributed by atoms with Crippen LogP contribution in [0.3, 0.4) is 0 Å². The van der Waals surface area contributed by atoms with Crippen LogP contribution >= 0.6 is 0 Å². The molecule has 7 nitrogen and oxygen atoms in total. The van der Waals surface area contributed by atoms with E-state index >= 15 is 0 Å². The Hall–Kier alpha value is -3.61. The van der Waals surface area contributed by atoms with E-state index in [-0.39, 0.29) is 11.8 Å². The van der Waals surface area contributed by atoms with Crippen LogP contribution in [0.5, 0.6) is 0 Å². The van der Waals surface area contributed by atoms with Crippen LogP contribution in [0, 0.1) is 6.92 Å². The predicted octanol–water partition coefficient (Wildman–Crippen LogP) is 3.28. The number of rotatable bonds is 3. The highest BCUT2D eigenvalue weighted by Gasteiger charge is 2.25. The van der Waals surface area contributed by atoms with E-state index in [1.807, 2.05) is 53.2 Å². The lowest BCUT2D eigenvalue weighted by atomic mass is 10.2. The lowest BCUT2D eigenvalue weighted by molar-refractivity contribution is 0.0709. The topological polar surface area (TPSA) is 67.4 Å². The summed E-state index contributed by atoms with van der Waals surface area (Å²) in [6.45, 7) is 4.80. The lowest BCUT2D eigenvalue weighted by Gasteiger charge is -2.35. The van der Waals surface area contributed by atoms with Crippen LogP contribution < -0.4 is 4.90 Å². The summed E-state index contributed by atoms with van der Waals surface area (Å²) in [6.07, 6.45) is 3.83. The molecule has 0 radical (unpaired) electrons. The number of piperazine rings is 1. The first-order chi connectivity index (χ1) is 14.2. The fraction of sp³-hybridized carbons (Fsp3) is 0.227. The van der Waals surface area contributed by atoms with E-state index in [9.17, 15) is 4.79 Å². The van der Waals surface area contributed by atoms with Gasteiger partial charge < -0.3 is 18.8 Å². The minimum atomic E-state index is -0.147. The van der Waals surface area contributed by atoms with Gasteiger partial charge in [-0.3, -0.25) is 4.79 Å². The molecular weight excluding hydrogens is 366 g/mol. The van der Waals surface area contributed by atoms with E-state index in [4.69, 9.17) is 4.42 Å². The van der Waals surface area contributed by atoms with E-state index in [1.165, 1.54) is 0 Å². The lowest BCUT2D eigenvalue weighted by Crippen LogP contribution is -2.48. The number of carbonyl (C=O) groups is 1. The van der Waals surface area contributed by atoms with Crippen LogP contribution in [0.1, 0.15) is 16.4 Å². The number of hydrogen-bond acceptors (Lipinski definition) is 5. The molecule has 5 rings (SSSR count). The molecule has 3 heterocycles. The van der Waals surface area contributed by atoms with Crippen molar-refractivity contribution in [2.24, 2.45) is 0 Å². The number of imidazole rings is 1. The average Bonchev–Trinajstić information content (AvgIpc) is 3.40. The SMILES string of the molecule is Cc1cn(-c2ccc(N3CCN(C(=O)c4nc5ccccc5o4)CC3)cc2)cn1. The summed E-state index contributed by atoms with van der Waals surface area (Å²) in [4.78, 5) is 25.5. The van der Waals surface area contributed by atoms with Gasteiger partial charge >= 0.3 is 5.91 Å². The van der Waals surface area contributed by atoms with Crippen molar-refractivity contribution in [2.75, 3.05) is 31.1 Å². The van der Waals surface area contributed by atoms with Gasteiger partial charge in [-0.15, -0.1) is 0 Å². The molecule has 1 saturated heterocycles. The second-order valence-corrected chi connectivity index (χ2v) is 7.20. The van der Waals surface area contributed by atoms with E-state index in [0.29, 0.717) is 24.2 Å². The van der Waals surface area contributed by atoms with Gasteiger partial charge in [-0.05, 0) is 43.3 Å². The Balaban J connectivity index is 1.24. The van der Waals surface area contributed by atoms with E-state index in [2.05, 4.69) is 39.1 Å². The number of hydrogen-bond donors (Lipinski definition) is 0. The molecule has 0 saturated carbocycles. The number of fused-ring (bicyclic) bond motifs is 1. The zero-order chi connectivity index (χ0) is 19.8. The Kier molecular flexibility index (Phi) is 4.27. The van der Waals surface area contributed by atoms with Crippen LogP contribution in [0.4, 0.5) is 5.69 Å². The van der Waals surface area contributed by atoms with Gasteiger partial charge in [0.15, 0.2) is 5.58 Å². The molecule has 0 spiro atoms. The normalized spacial score (nSPS) is 14.5. The van der Waals surface area contributed by atoms with Crippen molar-refractivity contribution in [2.45, 2.75) is 6.92 Å². The Morgan fingerprint density at radius 3 is 2.38 bits per heavy atom. The third kappa shape index (κ3) is 3.35. The molecule has 0 unspecified atom stereocenters. The number of carbonyl (C=O) groups excluding carboxylic acids is 1. The fourth-order valence-corrected chi connectivity index (χ4v) is 3.66. The molecule has 0 atom stereocenters. The Morgan fingerprint density at radius 2 is 1.69 bits per heavy atom. The van der Waals surface area contributed by atoms with E-state index in [0.717, 1.165) is 30.2 Å². The van der Waals surface area contributed by atoms with E-state index in [1.54, 1.807) is 0 Å². The summed E-state index contributed by atoms with van der Waals surface area (Å²) < 4.78 is 7.64. The minimum absolute atomic E-state index is 0.147. The van der Waals surface area contributed by atoms with Gasteiger partial charge in [0, 0.05) is 43.8 Å². The highest BCUT2D eigenvalue weighted by atomic mass is 16.4. The number of benzene rings is 2. The summed E-state index contributed by atoms with van der Waals surface area (Å²) in [5.74, 6) is 0.0197. The summed E-state index contributed by atoms with van der Waals surface area (Å²) in [7, 11) is 0. The van der Waals surface area contributed by atoms with Crippen LogP contribution in [-0.4, -0.2) is 51.5 Å². The van der Waals surface area contributed by atoms with Crippen molar-refractivity contribution in [1.29, 1.82) is 0 Å². The highest BCUT2D eigenvalue weighted by Crippen LogP contribution is 2.21. The number of aryl methyl sites for hydroxylation is 1. The summed E-state index contributed by atoms with van der Waals surface area (Å²) in [5.41, 5.74) is 4.58. The molecule has 2 aromatic heterocycles. The standard InChI is InChI=1S/C22H21N5O2/c1-16-14-27(15-23-16)18-8-6-17(7-9-18)25-10-12-26(13-11-25)22(28)21-24-19-4-2-3-5-20(19)29-21/h2-9,14-15H,10-13H2,1H3. The Bertz CT molecular complexity index is 1120. The maximum absolute atomic E-state index is 12.8. The first-order valence-corrected chi connectivity index (χ1v) is 9.68. The van der Waals surface area contributed by atoms with Gasteiger partial charge in [0.2, 0.25) is 0 Å². The summed E-state index contributed by atoms with van der Waals surface area (Å²) in [5, 5.41) is 0. The summed E-state index contributed by atoms with van der Waals surface area (Å²) in [6, 6.07) is 15.8. The maximum atomic E-state index is 12.8. The van der Waals surface area contributed by atoms with Crippen molar-refractivity contribution in [3.05, 3.63) is 72.6 Å². The number of anilines is 1. The first kappa shape index (κ1) is 17.5. The largest absolute Gasteiger partial charge is 0.432 e. The predicted molar refractivity (Wildman–Crippen MR) is 110 cm³/mol. The second-order valence-electron chi connectivity index (χ2n) is 7.20. The van der Waals surface area contributed by atoms with Gasteiger partial charge in [-0.2, -0.15) is 0 Å². The van der Waals surface area contributed by atoms with Crippen molar-refractivity contribution in [3.63, 3.8) is 0 Å². The van der Waals surface area contributed by atoms with Crippen LogP contribution in [0.25, 0.3) is 16.8 Å². The fourth-order valence-electron chi connectivity index (χ4n) is 3.66. The van der Waals surface area contributed by atoms with Gasteiger partial charge in [0.05, 0.1) is 12.0 Å². The molecular formula is C22H21N5O2. The average molecular weight is 387 g/mol. The summed E-state index contributed by atoms with van der Waals surface area (Å²) >= 11 is 0. The second kappa shape index (κ2) is 7.09. The number of oxazole rings is 1. The van der Waals surface area contributed by atoms with Crippen LogP contribution in [0.2, 0.25) is 0 Å². The number of nitrogens with zero attached hydrogens (tertiary/aromatic N) is 5. The number of amides is 1. The third-order valence-corrected chi connectivity index (χ3v) is 5.27. The molecule has 1 aliphatic heterocycles. The maximum Gasteiger partial charge on any atom is 0.309 e. The van der Waals surface area contributed by atoms with Crippen LogP contribution in [-0.2, 0) is 0 Å². The highest BCUT2D eigenvalue weighted by molar-refractivity contribution is 5.92. The third-order valence-electron chi connectivity index (χ3n) is 5.27. The monoisotopic (exact) mass is 387 g/mol. The zero-order valence-electron chi connectivity index (χ0n) is 16.2. The van der Waals surface area contributed by atoms with Crippen molar-refractivity contribution < 1.29 is 9.21 Å². The van der Waals surface area contributed by atoms with Crippen molar-refractivity contribution in [3.8, 4) is 5.69 Å². The van der Waals surface area contributed by atoms with Gasteiger partial charge in [-0.1, -0.05) is 12.1 Å². The molecule has 146 valence electrons. The minimum Gasteiger partial charge on any atom is -0.432 e. The molecule has 4 aromatic rings. The Morgan fingerprint density at radius 1 is 0.966 bits per heavy atom. The first-order valence-electron chi connectivity index (χ1n) is 9.68. The molecule has 7 heteroatoms. The van der Waals surface area contributed by atoms with Gasteiger partial charge in [0.25, 0.3) is 5.89 Å². The molecule has 1 aliphatic rings. The number of para-hydroxylation sites is 2.